The topological polar surface area (TPSA) is 101 Å². The second-order valence-electron chi connectivity index (χ2n) is 5.65. The van der Waals surface area contributed by atoms with Crippen molar-refractivity contribution in [3.63, 3.8) is 0 Å². The molecule has 3 rings (SSSR count). The highest BCUT2D eigenvalue weighted by Crippen LogP contribution is 2.24. The Morgan fingerprint density at radius 2 is 1.92 bits per heavy atom. The quantitative estimate of drug-likeness (QED) is 0.663. The largest absolute Gasteiger partial charge is 0.351 e. The predicted molar refractivity (Wildman–Crippen MR) is 101 cm³/mol. The number of carbonyl (C=O) groups is 1. The Bertz CT molecular complexity index is 953. The normalized spacial score (nSPS) is 11.6. The third-order valence-corrected chi connectivity index (χ3v) is 3.78. The summed E-state index contributed by atoms with van der Waals surface area (Å²) in [7, 11) is 0. The highest BCUT2D eigenvalue weighted by atomic mass is 35.5. The van der Waals surface area contributed by atoms with Crippen molar-refractivity contribution in [1.29, 1.82) is 0 Å². The second-order valence-corrected chi connectivity index (χ2v) is 5.65. The number of carbonyl (C=O) groups excluding carboxylic acids is 1. The molecule has 0 bridgehead atoms. The number of aromatic nitrogens is 2. The molecule has 1 amide bonds. The number of rotatable bonds is 4. The van der Waals surface area contributed by atoms with E-state index < -0.39 is 6.04 Å². The minimum atomic E-state index is -0.544. The fraction of sp³-hybridized carbons (Fsp3) is 0.167. The zero-order valence-corrected chi connectivity index (χ0v) is 14.5. The smallest absolute Gasteiger partial charge is 0.272 e. The Morgan fingerprint density at radius 3 is 2.64 bits per heavy atom. The average Bonchev–Trinajstić information content (AvgIpc) is 2.60. The third kappa shape index (κ3) is 4.04. The van der Waals surface area contributed by atoms with Crippen LogP contribution in [0.15, 0.2) is 53.3 Å². The van der Waals surface area contributed by atoms with Gasteiger partial charge in [-0.25, -0.2) is 5.10 Å². The Hall–Kier alpha value is -2.70. The van der Waals surface area contributed by atoms with E-state index in [-0.39, 0.29) is 23.9 Å². The van der Waals surface area contributed by atoms with Crippen molar-refractivity contribution >= 4 is 29.1 Å². The van der Waals surface area contributed by atoms with Gasteiger partial charge in [0.25, 0.3) is 5.56 Å². The molecule has 0 radical (unpaired) electrons. The number of aromatic amines is 1. The molecular formula is C18H19ClN4O2. The summed E-state index contributed by atoms with van der Waals surface area (Å²) >= 11 is 0. The van der Waals surface area contributed by atoms with E-state index in [2.05, 4.69) is 15.5 Å². The van der Waals surface area contributed by atoms with E-state index >= 15 is 0 Å². The number of H-pyrrole nitrogens is 1. The summed E-state index contributed by atoms with van der Waals surface area (Å²) in [6.45, 7) is 2.03. The van der Waals surface area contributed by atoms with Gasteiger partial charge < -0.3 is 11.1 Å². The van der Waals surface area contributed by atoms with Crippen LogP contribution in [0.3, 0.4) is 0 Å². The summed E-state index contributed by atoms with van der Waals surface area (Å²) in [5, 5.41) is 10.9. The van der Waals surface area contributed by atoms with Gasteiger partial charge >= 0.3 is 0 Å². The molecule has 0 saturated heterocycles. The fourth-order valence-corrected chi connectivity index (χ4v) is 2.51. The lowest BCUT2D eigenvalue weighted by Crippen LogP contribution is -2.37. The number of nitrogens with one attached hydrogen (secondary N) is 2. The number of hydrogen-bond donors (Lipinski definition) is 3. The van der Waals surface area contributed by atoms with Crippen LogP contribution in [-0.4, -0.2) is 22.1 Å². The summed E-state index contributed by atoms with van der Waals surface area (Å²) in [6.07, 6.45) is 0. The van der Waals surface area contributed by atoms with Crippen molar-refractivity contribution in [2.75, 3.05) is 0 Å². The van der Waals surface area contributed by atoms with Crippen LogP contribution in [0.1, 0.15) is 12.5 Å². The highest BCUT2D eigenvalue weighted by Gasteiger charge is 2.10. The molecule has 25 heavy (non-hydrogen) atoms. The molecule has 1 aromatic heterocycles. The molecule has 0 aliphatic rings. The number of nitrogens with zero attached hydrogens (tertiary/aromatic N) is 1. The lowest BCUT2D eigenvalue weighted by Gasteiger charge is -2.10. The number of nitrogens with two attached hydrogens (primary N) is 1. The van der Waals surface area contributed by atoms with Gasteiger partial charge in [0.15, 0.2) is 0 Å². The van der Waals surface area contributed by atoms with Gasteiger partial charge in [0.1, 0.15) is 0 Å². The predicted octanol–water partition coefficient (Wildman–Crippen LogP) is 1.98. The van der Waals surface area contributed by atoms with Gasteiger partial charge in [-0.2, -0.15) is 5.10 Å². The summed E-state index contributed by atoms with van der Waals surface area (Å²) in [5.41, 5.74) is 7.83. The Balaban J connectivity index is 0.00000225. The highest BCUT2D eigenvalue weighted by molar-refractivity contribution is 5.93. The minimum Gasteiger partial charge on any atom is -0.351 e. The van der Waals surface area contributed by atoms with Crippen LogP contribution in [0, 0.1) is 0 Å². The van der Waals surface area contributed by atoms with Gasteiger partial charge in [0, 0.05) is 17.5 Å². The average molecular weight is 359 g/mol. The summed E-state index contributed by atoms with van der Waals surface area (Å²) in [5.74, 6) is -0.201. The van der Waals surface area contributed by atoms with Crippen LogP contribution in [-0.2, 0) is 11.3 Å². The van der Waals surface area contributed by atoms with Crippen molar-refractivity contribution in [1.82, 2.24) is 15.5 Å². The van der Waals surface area contributed by atoms with E-state index in [1.165, 1.54) is 0 Å². The lowest BCUT2D eigenvalue weighted by molar-refractivity contribution is -0.122. The maximum absolute atomic E-state index is 11.9. The third-order valence-electron chi connectivity index (χ3n) is 3.78. The SMILES string of the molecule is CC(N)C(=O)NCc1cccc(-c2n[nH]c(=O)c3ccccc23)c1.Cl. The van der Waals surface area contributed by atoms with Crippen molar-refractivity contribution < 1.29 is 4.79 Å². The summed E-state index contributed by atoms with van der Waals surface area (Å²) in [4.78, 5) is 23.5. The van der Waals surface area contributed by atoms with Gasteiger partial charge in [0.2, 0.25) is 5.91 Å². The molecule has 130 valence electrons. The molecular weight excluding hydrogens is 340 g/mol. The maximum atomic E-state index is 11.9. The van der Waals surface area contributed by atoms with Crippen LogP contribution >= 0.6 is 12.4 Å². The first-order chi connectivity index (χ1) is 11.6. The van der Waals surface area contributed by atoms with Crippen LogP contribution < -0.4 is 16.6 Å². The van der Waals surface area contributed by atoms with Crippen LogP contribution in [0.4, 0.5) is 0 Å². The first-order valence-corrected chi connectivity index (χ1v) is 7.66. The number of fused-ring (bicyclic) bond motifs is 1. The van der Waals surface area contributed by atoms with Crippen LogP contribution in [0.2, 0.25) is 0 Å². The van der Waals surface area contributed by atoms with E-state index in [1.54, 1.807) is 13.0 Å². The summed E-state index contributed by atoms with van der Waals surface area (Å²) < 4.78 is 0. The Kier molecular flexibility index (Phi) is 5.90. The van der Waals surface area contributed by atoms with Gasteiger partial charge in [-0.15, -0.1) is 12.4 Å². The van der Waals surface area contributed by atoms with Gasteiger partial charge in [-0.05, 0) is 24.6 Å². The molecule has 1 unspecified atom stereocenters. The number of amides is 1. The van der Waals surface area contributed by atoms with E-state index in [0.29, 0.717) is 17.6 Å². The molecule has 0 aliphatic heterocycles. The van der Waals surface area contributed by atoms with Gasteiger partial charge in [-0.3, -0.25) is 9.59 Å². The molecule has 6 nitrogen and oxygen atoms in total. The van der Waals surface area contributed by atoms with Crippen molar-refractivity contribution in [2.45, 2.75) is 19.5 Å². The molecule has 4 N–H and O–H groups in total. The van der Waals surface area contributed by atoms with E-state index in [9.17, 15) is 9.59 Å². The zero-order valence-electron chi connectivity index (χ0n) is 13.7. The van der Waals surface area contributed by atoms with E-state index in [1.807, 2.05) is 42.5 Å². The van der Waals surface area contributed by atoms with E-state index in [4.69, 9.17) is 5.73 Å². The number of hydrogen-bond acceptors (Lipinski definition) is 4. The van der Waals surface area contributed by atoms with Crippen LogP contribution in [0.5, 0.6) is 0 Å². The summed E-state index contributed by atoms with van der Waals surface area (Å²) in [6, 6.07) is 14.5. The standard InChI is InChI=1S/C18H18N4O2.ClH/c1-11(19)17(23)20-10-12-5-4-6-13(9-12)16-14-7-2-3-8-15(14)18(24)22-21-16;/h2-9,11H,10,19H2,1H3,(H,20,23)(H,22,24);1H. The number of benzene rings is 2. The molecule has 0 saturated carbocycles. The minimum absolute atomic E-state index is 0. The molecule has 2 aromatic carbocycles. The fourth-order valence-electron chi connectivity index (χ4n) is 2.51. The molecule has 0 aliphatic carbocycles. The first-order valence-electron chi connectivity index (χ1n) is 7.66. The van der Waals surface area contributed by atoms with Crippen LogP contribution in [0.25, 0.3) is 22.0 Å². The molecule has 0 spiro atoms. The van der Waals surface area contributed by atoms with Gasteiger partial charge in [0.05, 0.1) is 17.1 Å². The van der Waals surface area contributed by atoms with Crippen molar-refractivity contribution in [2.24, 2.45) is 5.73 Å². The van der Waals surface area contributed by atoms with Gasteiger partial charge in [-0.1, -0.05) is 36.4 Å². The zero-order chi connectivity index (χ0) is 17.1. The molecule has 7 heteroatoms. The van der Waals surface area contributed by atoms with Crippen molar-refractivity contribution in [3.8, 4) is 11.3 Å². The molecule has 0 fully saturated rings. The monoisotopic (exact) mass is 358 g/mol. The molecule has 3 aromatic rings. The Morgan fingerprint density at radius 1 is 1.20 bits per heavy atom. The Labute approximate surface area is 150 Å². The molecule has 1 atom stereocenters. The first kappa shape index (κ1) is 18.6. The number of halogens is 1. The lowest BCUT2D eigenvalue weighted by atomic mass is 10.0. The van der Waals surface area contributed by atoms with Crippen molar-refractivity contribution in [3.05, 3.63) is 64.4 Å². The second kappa shape index (κ2) is 7.92. The van der Waals surface area contributed by atoms with E-state index in [0.717, 1.165) is 16.5 Å². The maximum Gasteiger partial charge on any atom is 0.272 e. The molecule has 1 heterocycles.